The van der Waals surface area contributed by atoms with Gasteiger partial charge in [0, 0.05) is 18.2 Å². The summed E-state index contributed by atoms with van der Waals surface area (Å²) in [6.07, 6.45) is 2.93. The summed E-state index contributed by atoms with van der Waals surface area (Å²) in [5, 5.41) is 12.7. The maximum atomic E-state index is 9.27. The molecule has 1 unspecified atom stereocenters. The number of anilines is 1. The number of aromatic nitrogens is 2. The maximum absolute atomic E-state index is 9.27. The number of para-hydroxylation sites is 1. The first-order chi connectivity index (χ1) is 10.2. The van der Waals surface area contributed by atoms with Crippen molar-refractivity contribution in [2.75, 3.05) is 12.8 Å². The molecule has 6 heteroatoms. The van der Waals surface area contributed by atoms with E-state index in [4.69, 9.17) is 10.5 Å². The average molecular weight is 284 g/mol. The number of oxime groups is 1. The minimum atomic E-state index is 0.133. The molecular formula is C15H16N4O2. The van der Waals surface area contributed by atoms with Gasteiger partial charge in [0.25, 0.3) is 0 Å². The molecule has 0 aliphatic heterocycles. The first-order valence-electron chi connectivity index (χ1n) is 6.68. The van der Waals surface area contributed by atoms with Crippen molar-refractivity contribution in [3.8, 4) is 5.75 Å². The number of fused-ring (bicyclic) bond motifs is 1. The Balaban J connectivity index is 2.04. The number of hydrogen-bond donors (Lipinski definition) is 2. The summed E-state index contributed by atoms with van der Waals surface area (Å²) in [4.78, 5) is 8.25. The number of hydrogen-bond acceptors (Lipinski definition) is 6. The number of nitrogens with zero attached hydrogens (tertiary/aromatic N) is 3. The Morgan fingerprint density at radius 3 is 2.90 bits per heavy atom. The first-order valence-corrected chi connectivity index (χ1v) is 6.68. The van der Waals surface area contributed by atoms with Crippen molar-refractivity contribution in [3.63, 3.8) is 0 Å². The van der Waals surface area contributed by atoms with E-state index in [1.165, 1.54) is 0 Å². The summed E-state index contributed by atoms with van der Waals surface area (Å²) in [6.45, 7) is 0. The zero-order chi connectivity index (χ0) is 14.8. The fourth-order valence-electron chi connectivity index (χ4n) is 2.80. The Labute approximate surface area is 122 Å². The molecule has 1 heterocycles. The van der Waals surface area contributed by atoms with Crippen LogP contribution in [0.25, 0.3) is 0 Å². The van der Waals surface area contributed by atoms with Crippen molar-refractivity contribution >= 4 is 11.7 Å². The predicted octanol–water partition coefficient (Wildman–Crippen LogP) is 1.98. The van der Waals surface area contributed by atoms with Crippen molar-refractivity contribution in [2.45, 2.75) is 18.8 Å². The second-order valence-corrected chi connectivity index (χ2v) is 4.98. The van der Waals surface area contributed by atoms with E-state index in [-0.39, 0.29) is 11.9 Å². The van der Waals surface area contributed by atoms with Crippen LogP contribution in [-0.2, 0) is 6.42 Å². The Kier molecular flexibility index (Phi) is 3.43. The monoisotopic (exact) mass is 284 g/mol. The minimum Gasteiger partial charge on any atom is -0.496 e. The largest absolute Gasteiger partial charge is 0.496 e. The third-order valence-corrected chi connectivity index (χ3v) is 3.78. The Hall–Kier alpha value is -2.63. The second-order valence-electron chi connectivity index (χ2n) is 4.98. The van der Waals surface area contributed by atoms with Crippen molar-refractivity contribution in [3.05, 3.63) is 47.3 Å². The van der Waals surface area contributed by atoms with Gasteiger partial charge in [-0.2, -0.15) is 0 Å². The standard InChI is InChI=1S/C15H16N4O2/c1-21-14-5-3-2-4-10(14)9-6-12-11(13(7-9)19-20)8-17-15(16)18-12/h2-5,8-9,20H,6-7H2,1H3,(H2,16,17,18)/b19-13-. The summed E-state index contributed by atoms with van der Waals surface area (Å²) in [5.41, 5.74) is 8.87. The third-order valence-electron chi connectivity index (χ3n) is 3.78. The van der Waals surface area contributed by atoms with E-state index in [1.807, 2.05) is 24.3 Å². The zero-order valence-electron chi connectivity index (χ0n) is 11.7. The number of nitrogen functional groups attached to an aromatic ring is 1. The van der Waals surface area contributed by atoms with Gasteiger partial charge >= 0.3 is 0 Å². The highest BCUT2D eigenvalue weighted by atomic mass is 16.5. The van der Waals surface area contributed by atoms with Gasteiger partial charge in [0.15, 0.2) is 0 Å². The van der Waals surface area contributed by atoms with E-state index in [0.717, 1.165) is 22.6 Å². The van der Waals surface area contributed by atoms with Crippen LogP contribution in [0.3, 0.4) is 0 Å². The summed E-state index contributed by atoms with van der Waals surface area (Å²) in [5.74, 6) is 1.19. The molecule has 21 heavy (non-hydrogen) atoms. The zero-order valence-corrected chi connectivity index (χ0v) is 11.7. The van der Waals surface area contributed by atoms with Crippen molar-refractivity contribution in [2.24, 2.45) is 5.16 Å². The summed E-state index contributed by atoms with van der Waals surface area (Å²) in [6, 6.07) is 7.85. The van der Waals surface area contributed by atoms with E-state index in [9.17, 15) is 5.21 Å². The predicted molar refractivity (Wildman–Crippen MR) is 78.8 cm³/mol. The van der Waals surface area contributed by atoms with Gasteiger partial charge in [-0.1, -0.05) is 23.4 Å². The third kappa shape index (κ3) is 2.40. The lowest BCUT2D eigenvalue weighted by atomic mass is 9.81. The van der Waals surface area contributed by atoms with Crippen molar-refractivity contribution in [1.82, 2.24) is 9.97 Å². The maximum Gasteiger partial charge on any atom is 0.220 e. The molecule has 1 aliphatic rings. The topological polar surface area (TPSA) is 93.6 Å². The highest BCUT2D eigenvalue weighted by molar-refractivity contribution is 6.02. The van der Waals surface area contributed by atoms with E-state index >= 15 is 0 Å². The molecule has 0 saturated carbocycles. The molecule has 2 aromatic rings. The number of rotatable bonds is 2. The lowest BCUT2D eigenvalue weighted by Crippen LogP contribution is -2.22. The quantitative estimate of drug-likeness (QED) is 0.649. The molecule has 0 spiro atoms. The molecule has 1 atom stereocenters. The van der Waals surface area contributed by atoms with Gasteiger partial charge in [0.05, 0.1) is 18.5 Å². The number of benzene rings is 1. The van der Waals surface area contributed by atoms with Crippen molar-refractivity contribution in [1.29, 1.82) is 0 Å². The molecule has 1 aromatic heterocycles. The van der Waals surface area contributed by atoms with Crippen LogP contribution < -0.4 is 10.5 Å². The van der Waals surface area contributed by atoms with E-state index in [1.54, 1.807) is 13.3 Å². The van der Waals surface area contributed by atoms with Gasteiger partial charge in [0.2, 0.25) is 5.95 Å². The highest BCUT2D eigenvalue weighted by Gasteiger charge is 2.28. The molecule has 0 fully saturated rings. The number of methoxy groups -OCH3 is 1. The van der Waals surface area contributed by atoms with Crippen LogP contribution in [0.1, 0.15) is 29.2 Å². The number of ether oxygens (including phenoxy) is 1. The molecule has 3 rings (SSSR count). The Morgan fingerprint density at radius 2 is 2.14 bits per heavy atom. The van der Waals surface area contributed by atoms with Crippen LogP contribution in [0.5, 0.6) is 5.75 Å². The van der Waals surface area contributed by atoms with Gasteiger partial charge in [0.1, 0.15) is 5.75 Å². The summed E-state index contributed by atoms with van der Waals surface area (Å²) >= 11 is 0. The first kappa shape index (κ1) is 13.4. The number of nitrogens with two attached hydrogens (primary N) is 1. The van der Waals surface area contributed by atoms with Gasteiger partial charge in [-0.05, 0) is 24.0 Å². The Morgan fingerprint density at radius 1 is 1.33 bits per heavy atom. The molecule has 0 radical (unpaired) electrons. The molecule has 108 valence electrons. The summed E-state index contributed by atoms with van der Waals surface area (Å²) in [7, 11) is 1.65. The summed E-state index contributed by atoms with van der Waals surface area (Å²) < 4.78 is 5.42. The molecule has 1 aliphatic carbocycles. The lowest BCUT2D eigenvalue weighted by Gasteiger charge is -2.25. The normalized spacial score (nSPS) is 19.3. The van der Waals surface area contributed by atoms with Crippen molar-refractivity contribution < 1.29 is 9.94 Å². The van der Waals surface area contributed by atoms with Crippen LogP contribution in [0.2, 0.25) is 0 Å². The lowest BCUT2D eigenvalue weighted by molar-refractivity contribution is 0.316. The smallest absolute Gasteiger partial charge is 0.220 e. The van der Waals surface area contributed by atoms with E-state index < -0.39 is 0 Å². The fraction of sp³-hybridized carbons (Fsp3) is 0.267. The van der Waals surface area contributed by atoms with Gasteiger partial charge in [-0.15, -0.1) is 0 Å². The van der Waals surface area contributed by atoms with E-state index in [2.05, 4.69) is 15.1 Å². The fourth-order valence-corrected chi connectivity index (χ4v) is 2.80. The van der Waals surface area contributed by atoms with Gasteiger partial charge in [-0.25, -0.2) is 9.97 Å². The second kappa shape index (κ2) is 5.40. The van der Waals surface area contributed by atoms with Gasteiger partial charge < -0.3 is 15.7 Å². The minimum absolute atomic E-state index is 0.133. The van der Waals surface area contributed by atoms with Crippen LogP contribution in [0, 0.1) is 0 Å². The Bertz CT molecular complexity index is 700. The SMILES string of the molecule is COc1ccccc1C1C/C(=N/O)c2cnc(N)nc2C1. The van der Waals surface area contributed by atoms with Crippen LogP contribution in [0.15, 0.2) is 35.6 Å². The van der Waals surface area contributed by atoms with Gasteiger partial charge in [-0.3, -0.25) is 0 Å². The van der Waals surface area contributed by atoms with Crippen LogP contribution in [-0.4, -0.2) is 28.0 Å². The molecule has 0 bridgehead atoms. The van der Waals surface area contributed by atoms with Crippen LogP contribution in [0.4, 0.5) is 5.95 Å². The molecule has 0 saturated heterocycles. The van der Waals surface area contributed by atoms with E-state index in [0.29, 0.717) is 18.6 Å². The molecule has 3 N–H and O–H groups in total. The molecule has 1 aromatic carbocycles. The highest BCUT2D eigenvalue weighted by Crippen LogP contribution is 2.36. The molecule has 0 amide bonds. The van der Waals surface area contributed by atoms with Crippen LogP contribution >= 0.6 is 0 Å². The molecular weight excluding hydrogens is 268 g/mol. The molecule has 6 nitrogen and oxygen atoms in total. The average Bonchev–Trinajstić information content (AvgIpc) is 2.53.